The van der Waals surface area contributed by atoms with E-state index in [2.05, 4.69) is 101 Å². The Labute approximate surface area is 253 Å². The number of imidazole rings is 1. The molecule has 6 aromatic carbocycles. The van der Waals surface area contributed by atoms with Crippen LogP contribution in [0.2, 0.25) is 0 Å². The Morgan fingerprint density at radius 1 is 0.571 bits per heavy atom. The van der Waals surface area contributed by atoms with Crippen LogP contribution in [0.15, 0.2) is 145 Å². The fraction of sp³-hybridized carbons (Fsp3) is 0.0513. The maximum absolute atomic E-state index is 8.32. The monoisotopic (exact) mass is 544 g/mol. The molecule has 1 aliphatic heterocycles. The quantitative estimate of drug-likeness (QED) is 0.215. The first-order valence-corrected chi connectivity index (χ1v) is 14.1. The van der Waals surface area contributed by atoms with Crippen molar-refractivity contribution in [1.29, 1.82) is 0 Å². The van der Waals surface area contributed by atoms with Crippen molar-refractivity contribution in [2.24, 2.45) is 0 Å². The number of fused-ring (bicyclic) bond motifs is 2. The lowest BCUT2D eigenvalue weighted by Crippen LogP contribution is -2.19. The number of anilines is 3. The van der Waals surface area contributed by atoms with Crippen LogP contribution in [0.4, 0.5) is 17.1 Å². The molecule has 0 saturated carbocycles. The van der Waals surface area contributed by atoms with Crippen molar-refractivity contribution in [3.05, 3.63) is 151 Å². The van der Waals surface area contributed by atoms with E-state index in [-0.39, 0.29) is 35.8 Å². The van der Waals surface area contributed by atoms with Gasteiger partial charge in [-0.1, -0.05) is 116 Å². The number of para-hydroxylation sites is 3. The van der Waals surface area contributed by atoms with Gasteiger partial charge in [-0.05, 0) is 64.2 Å². The molecular formula is C39H29N3. The van der Waals surface area contributed by atoms with E-state index in [1.165, 1.54) is 0 Å². The lowest BCUT2D eigenvalue weighted by atomic mass is 9.97. The molecule has 200 valence electrons. The summed E-state index contributed by atoms with van der Waals surface area (Å²) in [6.45, 7) is 2.15. The smallest absolute Gasteiger partial charge is 0.114 e. The second-order valence-electron chi connectivity index (χ2n) is 10.4. The van der Waals surface area contributed by atoms with Gasteiger partial charge in [0.25, 0.3) is 0 Å². The third kappa shape index (κ3) is 3.86. The molecule has 0 bridgehead atoms. The summed E-state index contributed by atoms with van der Waals surface area (Å²) in [5, 5.41) is 0. The molecule has 0 spiro atoms. The highest BCUT2D eigenvalue weighted by Crippen LogP contribution is 2.48. The molecule has 0 aliphatic carbocycles. The molecular weight excluding hydrogens is 510 g/mol. The summed E-state index contributed by atoms with van der Waals surface area (Å²) in [7, 11) is 0. The Morgan fingerprint density at radius 3 is 1.83 bits per heavy atom. The first-order valence-electron chi connectivity index (χ1n) is 16.6. The third-order valence-electron chi connectivity index (χ3n) is 7.99. The molecule has 3 nitrogen and oxygen atoms in total. The fourth-order valence-corrected chi connectivity index (χ4v) is 6.01. The average molecular weight is 545 g/mol. The van der Waals surface area contributed by atoms with Crippen LogP contribution in [0.5, 0.6) is 0 Å². The number of aromatic nitrogens is 2. The number of benzene rings is 6. The summed E-state index contributed by atoms with van der Waals surface area (Å²) in [4.78, 5) is 7.54. The van der Waals surface area contributed by atoms with Crippen LogP contribution in [-0.4, -0.2) is 9.55 Å². The van der Waals surface area contributed by atoms with E-state index in [1.807, 2.05) is 30.3 Å². The zero-order valence-corrected chi connectivity index (χ0v) is 23.0. The second kappa shape index (κ2) is 9.90. The first-order chi connectivity index (χ1) is 22.9. The molecule has 0 fully saturated rings. The Kier molecular flexibility index (Phi) is 4.63. The molecule has 1 aliphatic rings. The van der Waals surface area contributed by atoms with Gasteiger partial charge < -0.3 is 4.90 Å². The summed E-state index contributed by atoms with van der Waals surface area (Å²) in [6, 6.07) is 37.7. The van der Waals surface area contributed by atoms with Crippen molar-refractivity contribution in [3.63, 3.8) is 0 Å². The molecule has 8 rings (SSSR count). The van der Waals surface area contributed by atoms with Gasteiger partial charge >= 0.3 is 0 Å². The van der Waals surface area contributed by atoms with Gasteiger partial charge in [0.15, 0.2) is 0 Å². The first kappa shape index (κ1) is 19.6. The van der Waals surface area contributed by atoms with Gasteiger partial charge in [-0.15, -0.1) is 0 Å². The molecule has 0 radical (unpaired) electrons. The van der Waals surface area contributed by atoms with Crippen LogP contribution < -0.4 is 4.90 Å². The van der Waals surface area contributed by atoms with Crippen molar-refractivity contribution in [2.45, 2.75) is 13.3 Å². The lowest BCUT2D eigenvalue weighted by Gasteiger charge is -2.33. The molecule has 0 unspecified atom stereocenters. The van der Waals surface area contributed by atoms with Gasteiger partial charge in [-0.3, -0.25) is 4.57 Å². The van der Waals surface area contributed by atoms with Crippen LogP contribution in [0.1, 0.15) is 19.6 Å². The summed E-state index contributed by atoms with van der Waals surface area (Å²) >= 11 is 0. The number of rotatable bonds is 5. The van der Waals surface area contributed by atoms with Crippen molar-refractivity contribution in [3.8, 4) is 39.1 Å². The highest BCUT2D eigenvalue weighted by atomic mass is 15.2. The predicted octanol–water partition coefficient (Wildman–Crippen LogP) is 10.4. The van der Waals surface area contributed by atoms with Crippen molar-refractivity contribution in [2.75, 3.05) is 4.90 Å². The summed E-state index contributed by atoms with van der Waals surface area (Å²) < 4.78 is 42.9. The average Bonchev–Trinajstić information content (AvgIpc) is 3.52. The largest absolute Gasteiger partial charge is 0.306 e. The highest BCUT2D eigenvalue weighted by molar-refractivity contribution is 6.06. The number of hydrogen-bond donors (Lipinski definition) is 0. The van der Waals surface area contributed by atoms with E-state index in [1.54, 1.807) is 0 Å². The van der Waals surface area contributed by atoms with Crippen LogP contribution in [0.3, 0.4) is 0 Å². The van der Waals surface area contributed by atoms with Gasteiger partial charge in [0, 0.05) is 17.7 Å². The van der Waals surface area contributed by atoms with Crippen LogP contribution in [0.25, 0.3) is 50.1 Å². The van der Waals surface area contributed by atoms with Crippen molar-refractivity contribution >= 4 is 28.1 Å². The van der Waals surface area contributed by atoms with E-state index < -0.39 is 0 Å². The molecule has 3 heteroatoms. The predicted molar refractivity (Wildman–Crippen MR) is 175 cm³/mol. The van der Waals surface area contributed by atoms with Gasteiger partial charge in [-0.25, -0.2) is 4.98 Å². The lowest BCUT2D eigenvalue weighted by molar-refractivity contribution is 0.900. The van der Waals surface area contributed by atoms with Gasteiger partial charge in [0.2, 0.25) is 0 Å². The van der Waals surface area contributed by atoms with E-state index in [4.69, 9.17) is 11.8 Å². The van der Waals surface area contributed by atoms with Crippen LogP contribution in [0, 0.1) is 0 Å². The van der Waals surface area contributed by atoms with Crippen molar-refractivity contribution in [1.82, 2.24) is 9.55 Å². The highest BCUT2D eigenvalue weighted by Gasteiger charge is 2.29. The van der Waals surface area contributed by atoms with Crippen LogP contribution in [-0.2, 0) is 6.42 Å². The number of nitrogens with zero attached hydrogens (tertiary/aromatic N) is 3. The Bertz CT molecular complexity index is 2300. The maximum atomic E-state index is 8.32. The Balaban J connectivity index is 1.20. The molecule has 0 saturated heterocycles. The number of aryl methyl sites for hydroxylation is 1. The third-order valence-corrected chi connectivity index (χ3v) is 7.99. The standard InChI is InChI=1S/C39H29N3/c1-2-37-40-38-33(31-23-21-30(22-24-31)29-19-17-28(18-20-29)27-11-5-3-6-12-27)25-26-36-39(38)42(37)35-16-10-9-15-34(35)41(36)32-13-7-4-8-14-32/h3-26H,2H2,1H3/i3D,5D,6D,11D,12D. The Hall–Kier alpha value is -5.41. The van der Waals surface area contributed by atoms with Gasteiger partial charge in [-0.2, -0.15) is 0 Å². The zero-order valence-electron chi connectivity index (χ0n) is 28.0. The summed E-state index contributed by atoms with van der Waals surface area (Å²) in [5.74, 6) is 1.02. The van der Waals surface area contributed by atoms with E-state index in [9.17, 15) is 0 Å². The van der Waals surface area contributed by atoms with Crippen molar-refractivity contribution < 1.29 is 6.85 Å². The molecule has 0 atom stereocenters. The normalized spacial score (nSPS) is 13.6. The molecule has 1 aromatic heterocycles. The van der Waals surface area contributed by atoms with Gasteiger partial charge in [0.1, 0.15) is 5.82 Å². The minimum atomic E-state index is -0.388. The number of hydrogen-bond acceptors (Lipinski definition) is 2. The SMILES string of the molecule is [2H]c1c([2H])c([2H])c(-c2ccc(-c3ccc(-c4ccc5c6c4nc(CC)n6-c4ccccc4N5c4ccccc4)cc3)cc2)c([2H])c1[2H]. The molecule has 0 amide bonds. The van der Waals surface area contributed by atoms with E-state index in [0.29, 0.717) is 5.56 Å². The Morgan fingerprint density at radius 2 is 1.17 bits per heavy atom. The molecule has 42 heavy (non-hydrogen) atoms. The molecule has 2 heterocycles. The van der Waals surface area contributed by atoms with Crippen LogP contribution >= 0.6 is 0 Å². The minimum Gasteiger partial charge on any atom is -0.306 e. The second-order valence-corrected chi connectivity index (χ2v) is 10.4. The van der Waals surface area contributed by atoms with E-state index in [0.717, 1.165) is 68.3 Å². The zero-order chi connectivity index (χ0) is 32.4. The summed E-state index contributed by atoms with van der Waals surface area (Å²) in [6.07, 6.45) is 0.797. The topological polar surface area (TPSA) is 21.1 Å². The van der Waals surface area contributed by atoms with E-state index >= 15 is 0 Å². The van der Waals surface area contributed by atoms with Gasteiger partial charge in [0.05, 0.1) is 34.9 Å². The molecule has 7 aromatic rings. The fourth-order valence-electron chi connectivity index (χ4n) is 6.01. The molecule has 0 N–H and O–H groups in total. The summed E-state index contributed by atoms with van der Waals surface area (Å²) in [5.41, 5.74) is 11.4. The minimum absolute atomic E-state index is 0.200. The maximum Gasteiger partial charge on any atom is 0.114 e.